The Kier molecular flexibility index (Phi) is 5.72. The van der Waals surface area contributed by atoms with E-state index in [-0.39, 0.29) is 5.91 Å². The van der Waals surface area contributed by atoms with Crippen LogP contribution in [0.25, 0.3) is 11.3 Å². The Bertz CT molecular complexity index is 959. The minimum Gasteiger partial charge on any atom is -0.301 e. The van der Waals surface area contributed by atoms with E-state index in [0.717, 1.165) is 22.5 Å². The molecule has 1 amide bonds. The summed E-state index contributed by atoms with van der Waals surface area (Å²) in [6.07, 6.45) is 1.99. The number of rotatable bonds is 6. The normalized spacial score (nSPS) is 11.2. The van der Waals surface area contributed by atoms with E-state index < -0.39 is 0 Å². The van der Waals surface area contributed by atoms with Crippen molar-refractivity contribution in [2.75, 3.05) is 18.9 Å². The lowest BCUT2D eigenvalue weighted by Gasteiger charge is -2.15. The summed E-state index contributed by atoms with van der Waals surface area (Å²) in [5.74, 6) is -0.0694. The van der Waals surface area contributed by atoms with Crippen LogP contribution in [0.4, 0.5) is 5.13 Å². The van der Waals surface area contributed by atoms with E-state index >= 15 is 0 Å². The van der Waals surface area contributed by atoms with Crippen LogP contribution in [0.15, 0.2) is 29.8 Å². The van der Waals surface area contributed by atoms with Crippen LogP contribution >= 0.6 is 11.3 Å². The molecule has 0 fully saturated rings. The average Bonchev–Trinajstić information content (AvgIpc) is 3.16. The molecule has 6 nitrogen and oxygen atoms in total. The van der Waals surface area contributed by atoms with Gasteiger partial charge >= 0.3 is 0 Å². The van der Waals surface area contributed by atoms with Gasteiger partial charge in [-0.3, -0.25) is 14.4 Å². The van der Waals surface area contributed by atoms with Crippen molar-refractivity contribution in [3.63, 3.8) is 0 Å². The molecule has 0 atom stereocenters. The highest BCUT2D eigenvalue weighted by Gasteiger charge is 2.13. The summed E-state index contributed by atoms with van der Waals surface area (Å²) in [6.45, 7) is 7.14. The number of hydrogen-bond acceptors (Lipinski definition) is 5. The zero-order chi connectivity index (χ0) is 19.6. The molecule has 1 N–H and O–H groups in total. The first-order valence-corrected chi connectivity index (χ1v) is 9.70. The number of carbonyl (C=O) groups is 1. The van der Waals surface area contributed by atoms with Crippen LogP contribution in [0.5, 0.6) is 0 Å². The third-order valence-corrected chi connectivity index (χ3v) is 5.28. The SMILES string of the molecule is Cc1ccc(-c2csc(NC(=O)CN(C)Cc3cn(C)nc3C)n2)cc1C. The standard InChI is InChI=1S/C20H25N5OS/c1-13-6-7-16(8-14(13)2)18-12-27-20(21-18)22-19(26)11-24(4)9-17-10-25(5)23-15(17)3/h6-8,10,12H,9,11H2,1-5H3,(H,21,22,26). The molecule has 2 heterocycles. The zero-order valence-electron chi connectivity index (χ0n) is 16.4. The van der Waals surface area contributed by atoms with Crippen LogP contribution in [-0.4, -0.2) is 39.2 Å². The maximum absolute atomic E-state index is 12.3. The molecule has 0 unspecified atom stereocenters. The quantitative estimate of drug-likeness (QED) is 0.707. The Morgan fingerprint density at radius 1 is 1.26 bits per heavy atom. The van der Waals surface area contributed by atoms with Crippen LogP contribution in [0.1, 0.15) is 22.4 Å². The van der Waals surface area contributed by atoms with E-state index in [9.17, 15) is 4.79 Å². The summed E-state index contributed by atoms with van der Waals surface area (Å²) in [5.41, 5.74) is 6.56. The number of benzene rings is 1. The number of aryl methyl sites for hydroxylation is 4. The molecule has 142 valence electrons. The summed E-state index contributed by atoms with van der Waals surface area (Å²) in [4.78, 5) is 18.9. The lowest BCUT2D eigenvalue weighted by molar-refractivity contribution is -0.117. The highest BCUT2D eigenvalue weighted by atomic mass is 32.1. The smallest absolute Gasteiger partial charge is 0.240 e. The summed E-state index contributed by atoms with van der Waals surface area (Å²) in [5, 5.41) is 9.83. The minimum atomic E-state index is -0.0694. The van der Waals surface area contributed by atoms with Gasteiger partial charge in [0.25, 0.3) is 0 Å². The van der Waals surface area contributed by atoms with Gasteiger partial charge in [-0.2, -0.15) is 5.10 Å². The molecule has 0 bridgehead atoms. The van der Waals surface area contributed by atoms with Crippen molar-refractivity contribution in [1.29, 1.82) is 0 Å². The van der Waals surface area contributed by atoms with Crippen LogP contribution in [-0.2, 0) is 18.4 Å². The van der Waals surface area contributed by atoms with Gasteiger partial charge in [0.1, 0.15) is 0 Å². The number of amides is 1. The predicted molar refractivity (Wildman–Crippen MR) is 110 cm³/mol. The molecule has 0 saturated heterocycles. The van der Waals surface area contributed by atoms with Gasteiger partial charge < -0.3 is 5.32 Å². The molecule has 7 heteroatoms. The number of aromatic nitrogens is 3. The average molecular weight is 384 g/mol. The molecule has 0 saturated carbocycles. The lowest BCUT2D eigenvalue weighted by Crippen LogP contribution is -2.29. The van der Waals surface area contributed by atoms with Crippen molar-refractivity contribution in [1.82, 2.24) is 19.7 Å². The Morgan fingerprint density at radius 3 is 2.70 bits per heavy atom. The first kappa shape index (κ1) is 19.3. The first-order chi connectivity index (χ1) is 12.8. The van der Waals surface area contributed by atoms with E-state index in [1.54, 1.807) is 4.68 Å². The van der Waals surface area contributed by atoms with Gasteiger partial charge in [0.15, 0.2) is 5.13 Å². The fourth-order valence-corrected chi connectivity index (χ4v) is 3.65. The Balaban J connectivity index is 1.58. The van der Waals surface area contributed by atoms with Crippen molar-refractivity contribution in [2.45, 2.75) is 27.3 Å². The Labute approximate surface area is 163 Å². The summed E-state index contributed by atoms with van der Waals surface area (Å²) < 4.78 is 1.79. The molecule has 3 aromatic rings. The summed E-state index contributed by atoms with van der Waals surface area (Å²) in [7, 11) is 3.83. The highest BCUT2D eigenvalue weighted by Crippen LogP contribution is 2.26. The lowest BCUT2D eigenvalue weighted by atomic mass is 10.1. The van der Waals surface area contributed by atoms with Gasteiger partial charge in [-0.1, -0.05) is 12.1 Å². The van der Waals surface area contributed by atoms with Crippen LogP contribution in [0, 0.1) is 20.8 Å². The van der Waals surface area contributed by atoms with Crippen molar-refractivity contribution in [3.05, 3.63) is 52.2 Å². The van der Waals surface area contributed by atoms with E-state index in [1.165, 1.54) is 22.5 Å². The highest BCUT2D eigenvalue weighted by molar-refractivity contribution is 7.14. The van der Waals surface area contributed by atoms with E-state index in [1.807, 2.05) is 37.5 Å². The van der Waals surface area contributed by atoms with Gasteiger partial charge in [0.05, 0.1) is 17.9 Å². The fourth-order valence-electron chi connectivity index (χ4n) is 2.92. The number of carbonyl (C=O) groups excluding carboxylic acids is 1. The van der Waals surface area contributed by atoms with Gasteiger partial charge in [0, 0.05) is 36.3 Å². The largest absolute Gasteiger partial charge is 0.301 e. The third-order valence-electron chi connectivity index (χ3n) is 4.52. The van der Waals surface area contributed by atoms with Gasteiger partial charge in [-0.15, -0.1) is 11.3 Å². The second-order valence-electron chi connectivity index (χ2n) is 6.97. The maximum Gasteiger partial charge on any atom is 0.240 e. The topological polar surface area (TPSA) is 63.1 Å². The van der Waals surface area contributed by atoms with Crippen LogP contribution < -0.4 is 5.32 Å². The number of thiazole rings is 1. The predicted octanol–water partition coefficient (Wildman–Crippen LogP) is 3.54. The number of nitrogens with zero attached hydrogens (tertiary/aromatic N) is 4. The van der Waals surface area contributed by atoms with E-state index in [2.05, 4.69) is 47.4 Å². The summed E-state index contributed by atoms with van der Waals surface area (Å²) in [6, 6.07) is 6.28. The van der Waals surface area contributed by atoms with Gasteiger partial charge in [-0.05, 0) is 45.0 Å². The molecule has 2 aromatic heterocycles. The molecule has 3 rings (SSSR count). The molecule has 0 aliphatic carbocycles. The number of anilines is 1. The molecule has 0 aliphatic heterocycles. The Hall–Kier alpha value is -2.51. The zero-order valence-corrected chi connectivity index (χ0v) is 17.2. The van der Waals surface area contributed by atoms with E-state index in [0.29, 0.717) is 18.2 Å². The molecule has 27 heavy (non-hydrogen) atoms. The second-order valence-corrected chi connectivity index (χ2v) is 7.83. The molecule has 0 aliphatic rings. The second kappa shape index (κ2) is 8.02. The van der Waals surface area contributed by atoms with Crippen molar-refractivity contribution >= 4 is 22.4 Å². The Morgan fingerprint density at radius 2 is 2.04 bits per heavy atom. The fraction of sp³-hybridized carbons (Fsp3) is 0.350. The van der Waals surface area contributed by atoms with E-state index in [4.69, 9.17) is 0 Å². The maximum atomic E-state index is 12.3. The van der Waals surface area contributed by atoms with Crippen molar-refractivity contribution < 1.29 is 4.79 Å². The molecule has 1 aromatic carbocycles. The monoisotopic (exact) mass is 383 g/mol. The molecular formula is C20H25N5OS. The van der Waals surface area contributed by atoms with Crippen molar-refractivity contribution in [3.8, 4) is 11.3 Å². The minimum absolute atomic E-state index is 0.0694. The van der Waals surface area contributed by atoms with Crippen LogP contribution in [0.3, 0.4) is 0 Å². The number of hydrogen-bond donors (Lipinski definition) is 1. The van der Waals surface area contributed by atoms with Crippen molar-refractivity contribution in [2.24, 2.45) is 7.05 Å². The molecule has 0 radical (unpaired) electrons. The molecule has 0 spiro atoms. The number of nitrogens with one attached hydrogen (secondary N) is 1. The summed E-state index contributed by atoms with van der Waals surface area (Å²) >= 11 is 1.44. The number of likely N-dealkylation sites (N-methyl/N-ethyl adjacent to an activating group) is 1. The first-order valence-electron chi connectivity index (χ1n) is 8.82. The van der Waals surface area contributed by atoms with Crippen LogP contribution in [0.2, 0.25) is 0 Å². The van der Waals surface area contributed by atoms with Gasteiger partial charge in [-0.25, -0.2) is 4.98 Å². The molecular weight excluding hydrogens is 358 g/mol. The van der Waals surface area contributed by atoms with Gasteiger partial charge in [0.2, 0.25) is 5.91 Å². The third kappa shape index (κ3) is 4.81.